The lowest BCUT2D eigenvalue weighted by Gasteiger charge is -2.37. The number of hydrogen-bond donors (Lipinski definition) is 2. The zero-order chi connectivity index (χ0) is 13.9. The van der Waals surface area contributed by atoms with Gasteiger partial charge in [0, 0.05) is 6.04 Å². The smallest absolute Gasteiger partial charge is 0.0549 e. The van der Waals surface area contributed by atoms with Crippen LogP contribution in [-0.2, 0) is 5.41 Å². The summed E-state index contributed by atoms with van der Waals surface area (Å²) in [5.74, 6) is 0. The molecule has 1 aliphatic rings. The second-order valence-electron chi connectivity index (χ2n) is 6.37. The van der Waals surface area contributed by atoms with E-state index in [0.29, 0.717) is 6.04 Å². The van der Waals surface area contributed by atoms with Crippen LogP contribution < -0.4 is 5.32 Å². The van der Waals surface area contributed by atoms with Gasteiger partial charge < -0.3 is 10.4 Å². The molecule has 0 saturated heterocycles. The van der Waals surface area contributed by atoms with Crippen LogP contribution in [0.5, 0.6) is 0 Å². The van der Waals surface area contributed by atoms with Crippen molar-refractivity contribution in [2.75, 3.05) is 6.54 Å². The third kappa shape index (κ3) is 3.37. The van der Waals surface area contributed by atoms with Crippen LogP contribution in [0.4, 0.5) is 0 Å². The third-order valence-electron chi connectivity index (χ3n) is 4.46. The average Bonchev–Trinajstić information content (AvgIpc) is 2.41. The molecule has 0 amide bonds. The van der Waals surface area contributed by atoms with Gasteiger partial charge in [0.15, 0.2) is 0 Å². The van der Waals surface area contributed by atoms with Gasteiger partial charge in [-0.25, -0.2) is 0 Å². The topological polar surface area (TPSA) is 32.3 Å². The van der Waals surface area contributed by atoms with E-state index in [4.69, 9.17) is 0 Å². The van der Waals surface area contributed by atoms with E-state index in [1.54, 1.807) is 0 Å². The molecule has 0 fully saturated rings. The first-order valence-corrected chi connectivity index (χ1v) is 7.55. The summed E-state index contributed by atoms with van der Waals surface area (Å²) in [4.78, 5) is 0. The van der Waals surface area contributed by atoms with Crippen LogP contribution >= 0.6 is 0 Å². The molecule has 2 unspecified atom stereocenters. The van der Waals surface area contributed by atoms with E-state index in [-0.39, 0.29) is 11.5 Å². The molecule has 19 heavy (non-hydrogen) atoms. The van der Waals surface area contributed by atoms with Gasteiger partial charge in [0.05, 0.1) is 6.10 Å². The van der Waals surface area contributed by atoms with Gasteiger partial charge in [-0.2, -0.15) is 0 Å². The fraction of sp³-hybridized carbons (Fsp3) is 0.647. The molecular formula is C17H27NO. The standard InChI is InChI=1S/C17H27NO/c1-4-13(19)10-12-18-16-9-11-17(2,3)15-8-6-5-7-14(15)16/h5-8,13,16,18-19H,4,9-12H2,1-3H3. The Morgan fingerprint density at radius 3 is 2.84 bits per heavy atom. The highest BCUT2D eigenvalue weighted by Crippen LogP contribution is 2.41. The maximum absolute atomic E-state index is 9.63. The molecule has 1 aromatic rings. The van der Waals surface area contributed by atoms with Gasteiger partial charge in [-0.1, -0.05) is 45.0 Å². The van der Waals surface area contributed by atoms with E-state index in [1.165, 1.54) is 24.0 Å². The second-order valence-corrected chi connectivity index (χ2v) is 6.37. The minimum atomic E-state index is -0.164. The van der Waals surface area contributed by atoms with E-state index in [0.717, 1.165) is 19.4 Å². The number of aliphatic hydroxyl groups is 1. The predicted octanol–water partition coefficient (Wildman–Crippen LogP) is 3.55. The summed E-state index contributed by atoms with van der Waals surface area (Å²) < 4.78 is 0. The lowest BCUT2D eigenvalue weighted by Crippen LogP contribution is -2.33. The highest BCUT2D eigenvalue weighted by molar-refractivity contribution is 5.38. The highest BCUT2D eigenvalue weighted by atomic mass is 16.3. The minimum absolute atomic E-state index is 0.164. The molecule has 0 radical (unpaired) electrons. The van der Waals surface area contributed by atoms with Crippen LogP contribution in [0.15, 0.2) is 24.3 Å². The molecule has 1 aliphatic carbocycles. The molecule has 2 rings (SSSR count). The summed E-state index contributed by atoms with van der Waals surface area (Å²) in [6.07, 6.45) is 3.93. The monoisotopic (exact) mass is 261 g/mol. The Morgan fingerprint density at radius 2 is 2.11 bits per heavy atom. The molecule has 106 valence electrons. The molecule has 0 aromatic heterocycles. The zero-order valence-electron chi connectivity index (χ0n) is 12.4. The molecule has 2 N–H and O–H groups in total. The summed E-state index contributed by atoms with van der Waals surface area (Å²) in [5.41, 5.74) is 3.22. The maximum atomic E-state index is 9.63. The summed E-state index contributed by atoms with van der Waals surface area (Å²) >= 11 is 0. The van der Waals surface area contributed by atoms with Crippen molar-refractivity contribution in [2.45, 2.75) is 64.0 Å². The van der Waals surface area contributed by atoms with E-state index >= 15 is 0 Å². The van der Waals surface area contributed by atoms with Gasteiger partial charge in [-0.15, -0.1) is 0 Å². The van der Waals surface area contributed by atoms with E-state index in [1.807, 2.05) is 6.92 Å². The first-order chi connectivity index (χ1) is 9.04. The fourth-order valence-corrected chi connectivity index (χ4v) is 3.05. The van der Waals surface area contributed by atoms with Gasteiger partial charge in [0.2, 0.25) is 0 Å². The fourth-order valence-electron chi connectivity index (χ4n) is 3.05. The van der Waals surface area contributed by atoms with Crippen molar-refractivity contribution in [2.24, 2.45) is 0 Å². The normalized spacial score (nSPS) is 22.8. The van der Waals surface area contributed by atoms with Crippen LogP contribution in [0, 0.1) is 0 Å². The van der Waals surface area contributed by atoms with E-state index in [2.05, 4.69) is 43.4 Å². The summed E-state index contributed by atoms with van der Waals surface area (Å²) in [6.45, 7) is 7.60. The lowest BCUT2D eigenvalue weighted by molar-refractivity contribution is 0.157. The zero-order valence-corrected chi connectivity index (χ0v) is 12.4. The second kappa shape index (κ2) is 6.06. The number of benzene rings is 1. The van der Waals surface area contributed by atoms with Crippen LogP contribution in [0.2, 0.25) is 0 Å². The first-order valence-electron chi connectivity index (χ1n) is 7.55. The van der Waals surface area contributed by atoms with Crippen molar-refractivity contribution < 1.29 is 5.11 Å². The number of fused-ring (bicyclic) bond motifs is 1. The predicted molar refractivity (Wildman–Crippen MR) is 80.4 cm³/mol. The van der Waals surface area contributed by atoms with Crippen LogP contribution in [-0.4, -0.2) is 17.8 Å². The number of nitrogens with one attached hydrogen (secondary N) is 1. The van der Waals surface area contributed by atoms with Crippen LogP contribution in [0.3, 0.4) is 0 Å². The largest absolute Gasteiger partial charge is 0.393 e. The van der Waals surface area contributed by atoms with Crippen molar-refractivity contribution in [3.05, 3.63) is 35.4 Å². The SMILES string of the molecule is CCC(O)CCNC1CCC(C)(C)c2ccccc21. The molecular weight excluding hydrogens is 234 g/mol. The Balaban J connectivity index is 2.04. The van der Waals surface area contributed by atoms with E-state index in [9.17, 15) is 5.11 Å². The van der Waals surface area contributed by atoms with Crippen molar-refractivity contribution in [1.29, 1.82) is 0 Å². The minimum Gasteiger partial charge on any atom is -0.393 e. The molecule has 2 nitrogen and oxygen atoms in total. The molecule has 0 aliphatic heterocycles. The van der Waals surface area contributed by atoms with Crippen LogP contribution in [0.1, 0.15) is 63.6 Å². The van der Waals surface area contributed by atoms with Gasteiger partial charge in [0.25, 0.3) is 0 Å². The van der Waals surface area contributed by atoms with Gasteiger partial charge >= 0.3 is 0 Å². The molecule has 0 heterocycles. The van der Waals surface area contributed by atoms with E-state index < -0.39 is 0 Å². The summed E-state index contributed by atoms with van der Waals surface area (Å²) in [5, 5.41) is 13.2. The molecule has 1 aromatic carbocycles. The van der Waals surface area contributed by atoms with Crippen molar-refractivity contribution in [1.82, 2.24) is 5.32 Å². The average molecular weight is 261 g/mol. The molecule has 2 heteroatoms. The number of hydrogen-bond acceptors (Lipinski definition) is 2. The molecule has 0 saturated carbocycles. The van der Waals surface area contributed by atoms with Crippen molar-refractivity contribution in [3.63, 3.8) is 0 Å². The Bertz CT molecular complexity index is 413. The summed E-state index contributed by atoms with van der Waals surface area (Å²) in [7, 11) is 0. The van der Waals surface area contributed by atoms with Crippen molar-refractivity contribution >= 4 is 0 Å². The lowest BCUT2D eigenvalue weighted by atomic mass is 9.71. The molecule has 0 bridgehead atoms. The molecule has 2 atom stereocenters. The summed E-state index contributed by atoms with van der Waals surface area (Å²) in [6, 6.07) is 9.25. The Morgan fingerprint density at radius 1 is 1.37 bits per heavy atom. The maximum Gasteiger partial charge on any atom is 0.0549 e. The number of rotatable bonds is 5. The van der Waals surface area contributed by atoms with Gasteiger partial charge in [0.1, 0.15) is 0 Å². The quantitative estimate of drug-likeness (QED) is 0.849. The molecule has 0 spiro atoms. The van der Waals surface area contributed by atoms with Crippen molar-refractivity contribution in [3.8, 4) is 0 Å². The Hall–Kier alpha value is -0.860. The van der Waals surface area contributed by atoms with Gasteiger partial charge in [-0.3, -0.25) is 0 Å². The highest BCUT2D eigenvalue weighted by Gasteiger charge is 2.31. The Kier molecular flexibility index (Phi) is 4.64. The van der Waals surface area contributed by atoms with Gasteiger partial charge in [-0.05, 0) is 48.8 Å². The third-order valence-corrected chi connectivity index (χ3v) is 4.46. The first kappa shape index (κ1) is 14.5. The van der Waals surface area contributed by atoms with Crippen LogP contribution in [0.25, 0.3) is 0 Å². The number of aliphatic hydroxyl groups excluding tert-OH is 1. The Labute approximate surface area is 117 Å².